The van der Waals surface area contributed by atoms with Gasteiger partial charge in [0, 0.05) is 40.5 Å². The van der Waals surface area contributed by atoms with Gasteiger partial charge in [0.1, 0.15) is 12.0 Å². The normalized spacial score (nSPS) is 10.9. The quantitative estimate of drug-likeness (QED) is 0.400. The van der Waals surface area contributed by atoms with Crippen LogP contribution in [0.4, 0.5) is 5.69 Å². The summed E-state index contributed by atoms with van der Waals surface area (Å²) in [5.41, 5.74) is 11.2. The smallest absolute Gasteiger partial charge is 0.248 e. The summed E-state index contributed by atoms with van der Waals surface area (Å²) in [7, 11) is 0. The monoisotopic (exact) mass is 454 g/mol. The van der Waals surface area contributed by atoms with E-state index in [1.165, 1.54) is 6.33 Å². The van der Waals surface area contributed by atoms with Crippen LogP contribution in [0.5, 0.6) is 0 Å². The van der Waals surface area contributed by atoms with Crippen molar-refractivity contribution < 1.29 is 4.79 Å². The average molecular weight is 455 g/mol. The first-order valence-corrected chi connectivity index (χ1v) is 10.4. The molecule has 162 valence electrons. The van der Waals surface area contributed by atoms with Gasteiger partial charge in [-0.3, -0.25) is 9.78 Å². The maximum Gasteiger partial charge on any atom is 0.248 e. The van der Waals surface area contributed by atoms with E-state index in [-0.39, 0.29) is 0 Å². The van der Waals surface area contributed by atoms with Crippen LogP contribution in [0.1, 0.15) is 16.1 Å². The fourth-order valence-electron chi connectivity index (χ4n) is 3.43. The van der Waals surface area contributed by atoms with E-state index in [0.717, 1.165) is 28.2 Å². The van der Waals surface area contributed by atoms with Crippen molar-refractivity contribution in [2.75, 3.05) is 5.32 Å². The molecule has 1 aromatic carbocycles. The number of nitrogens with zero attached hydrogens (tertiary/aromatic N) is 6. The zero-order chi connectivity index (χ0) is 22.9. The molecule has 0 aliphatic rings. The largest absolute Gasteiger partial charge is 0.366 e. The molecule has 4 aromatic heterocycles. The highest BCUT2D eigenvalue weighted by Crippen LogP contribution is 2.30. The van der Waals surface area contributed by atoms with Crippen LogP contribution in [0.25, 0.3) is 28.2 Å². The van der Waals surface area contributed by atoms with Crippen molar-refractivity contribution >= 4 is 34.6 Å². The molecule has 0 saturated heterocycles. The summed E-state index contributed by atoms with van der Waals surface area (Å²) in [5, 5.41) is 12.5. The first-order valence-electron chi connectivity index (χ1n) is 10.0. The third kappa shape index (κ3) is 4.06. The van der Waals surface area contributed by atoms with E-state index in [1.807, 2.05) is 49.6 Å². The fraction of sp³-hybridized carbons (Fsp3) is 0.0435. The molecule has 3 N–H and O–H groups in total. The number of aryl methyl sites for hydroxylation is 1. The van der Waals surface area contributed by atoms with Gasteiger partial charge in [0.15, 0.2) is 10.8 Å². The van der Waals surface area contributed by atoms with Crippen LogP contribution < -0.4 is 11.1 Å². The molecule has 4 heterocycles. The predicted octanol–water partition coefficient (Wildman–Crippen LogP) is 3.31. The maximum atomic E-state index is 11.3. The fourth-order valence-corrected chi connectivity index (χ4v) is 3.64. The van der Waals surface area contributed by atoms with E-state index >= 15 is 0 Å². The first-order chi connectivity index (χ1) is 16.0. The van der Waals surface area contributed by atoms with Gasteiger partial charge in [-0.05, 0) is 67.7 Å². The van der Waals surface area contributed by atoms with Crippen molar-refractivity contribution in [2.24, 2.45) is 5.73 Å². The lowest BCUT2D eigenvalue weighted by Crippen LogP contribution is -2.19. The molecule has 0 fully saturated rings. The Bertz CT molecular complexity index is 1500. The predicted molar refractivity (Wildman–Crippen MR) is 129 cm³/mol. The number of hydrogen-bond donors (Lipinski definition) is 2. The molecule has 0 aliphatic heterocycles. The molecule has 5 aromatic rings. The number of anilines is 1. The van der Waals surface area contributed by atoms with Crippen molar-refractivity contribution in [3.8, 4) is 22.5 Å². The molecule has 33 heavy (non-hydrogen) atoms. The molecule has 9 nitrogen and oxygen atoms in total. The van der Waals surface area contributed by atoms with Crippen molar-refractivity contribution in [3.63, 3.8) is 0 Å². The van der Waals surface area contributed by atoms with Crippen molar-refractivity contribution in [3.05, 3.63) is 84.6 Å². The van der Waals surface area contributed by atoms with Crippen molar-refractivity contribution in [2.45, 2.75) is 6.92 Å². The van der Waals surface area contributed by atoms with Gasteiger partial charge < -0.3 is 11.1 Å². The minimum absolute atomic E-state index is 0.365. The number of fused-ring (bicyclic) bond motifs is 1. The lowest BCUT2D eigenvalue weighted by Gasteiger charge is -2.08. The molecule has 0 unspecified atom stereocenters. The first kappa shape index (κ1) is 20.5. The number of amides is 1. The number of carbonyl (C=O) groups excluding carboxylic acids is 1. The molecule has 0 spiro atoms. The van der Waals surface area contributed by atoms with Crippen LogP contribution in [0.3, 0.4) is 0 Å². The van der Waals surface area contributed by atoms with E-state index in [9.17, 15) is 4.79 Å². The third-order valence-corrected chi connectivity index (χ3v) is 5.35. The highest BCUT2D eigenvalue weighted by Gasteiger charge is 2.17. The van der Waals surface area contributed by atoms with E-state index in [2.05, 4.69) is 20.4 Å². The summed E-state index contributed by atoms with van der Waals surface area (Å²) < 4.78 is 3.30. The number of thiocarbonyl (C=S) groups is 1. The second-order valence-corrected chi connectivity index (χ2v) is 7.74. The molecule has 5 rings (SSSR count). The third-order valence-electron chi connectivity index (χ3n) is 5.06. The van der Waals surface area contributed by atoms with Gasteiger partial charge >= 0.3 is 0 Å². The number of nitrogens with two attached hydrogens (primary N) is 1. The van der Waals surface area contributed by atoms with Crippen LogP contribution in [0.2, 0.25) is 0 Å². The number of pyridine rings is 2. The lowest BCUT2D eigenvalue weighted by molar-refractivity contribution is 0.100. The number of rotatable bonds is 4. The second kappa shape index (κ2) is 8.24. The number of carbonyl (C=O) groups is 1. The molecule has 0 atom stereocenters. The number of nitrogens with one attached hydrogen (secondary N) is 1. The summed E-state index contributed by atoms with van der Waals surface area (Å²) in [6.07, 6.45) is 5.25. The Labute approximate surface area is 193 Å². The Kier molecular flexibility index (Phi) is 5.11. The summed E-state index contributed by atoms with van der Waals surface area (Å²) in [4.78, 5) is 20.1. The lowest BCUT2D eigenvalue weighted by atomic mass is 10.1. The topological polar surface area (TPSA) is 116 Å². The Morgan fingerprint density at radius 2 is 1.88 bits per heavy atom. The van der Waals surface area contributed by atoms with Gasteiger partial charge in [-0.2, -0.15) is 10.2 Å². The number of primary amides is 1. The van der Waals surface area contributed by atoms with E-state index in [0.29, 0.717) is 22.1 Å². The van der Waals surface area contributed by atoms with Crippen LogP contribution in [-0.4, -0.2) is 40.4 Å². The number of benzene rings is 1. The Balaban J connectivity index is 1.54. The second-order valence-electron chi connectivity index (χ2n) is 7.35. The van der Waals surface area contributed by atoms with Crippen molar-refractivity contribution in [1.82, 2.24) is 29.4 Å². The van der Waals surface area contributed by atoms with Gasteiger partial charge in [-0.1, -0.05) is 6.07 Å². The molecule has 0 bridgehead atoms. The SMILES string of the molecule is Cc1cccc(-c2nn(C(=S)Nc3ccc(C(N)=O)cc3)cc2-c2ccc3ncnn3c2)n1. The van der Waals surface area contributed by atoms with Gasteiger partial charge in [0.2, 0.25) is 5.91 Å². The molecule has 0 radical (unpaired) electrons. The van der Waals surface area contributed by atoms with Gasteiger partial charge in [-0.25, -0.2) is 14.2 Å². The standard InChI is InChI=1S/C23H18N8OS/c1-14-3-2-4-19(27-14)21-18(16-7-10-20-25-13-26-30(20)11-16)12-31(29-21)23(33)28-17-8-5-15(6-9-17)22(24)32/h2-13H,1H3,(H2,24,32)(H,28,33). The zero-order valence-corrected chi connectivity index (χ0v) is 18.3. The molecular weight excluding hydrogens is 436 g/mol. The van der Waals surface area contributed by atoms with E-state index < -0.39 is 5.91 Å². The summed E-state index contributed by atoms with van der Waals surface area (Å²) in [6.45, 7) is 1.93. The summed E-state index contributed by atoms with van der Waals surface area (Å²) in [5.74, 6) is -0.486. The number of aromatic nitrogens is 6. The minimum Gasteiger partial charge on any atom is -0.366 e. The van der Waals surface area contributed by atoms with Crippen LogP contribution in [0, 0.1) is 6.92 Å². The Morgan fingerprint density at radius 3 is 2.64 bits per heavy atom. The molecule has 1 amide bonds. The van der Waals surface area contributed by atoms with Gasteiger partial charge in [0.05, 0.1) is 5.69 Å². The molecule has 0 aliphatic carbocycles. The molecular formula is C23H18N8OS. The van der Waals surface area contributed by atoms with Crippen LogP contribution >= 0.6 is 12.2 Å². The van der Waals surface area contributed by atoms with Gasteiger partial charge in [0.25, 0.3) is 0 Å². The van der Waals surface area contributed by atoms with Crippen LogP contribution in [0.15, 0.2) is 73.3 Å². The number of hydrogen-bond acceptors (Lipinski definition) is 6. The molecule has 0 saturated carbocycles. The average Bonchev–Trinajstić information content (AvgIpc) is 3.46. The summed E-state index contributed by atoms with van der Waals surface area (Å²) in [6, 6.07) is 16.4. The van der Waals surface area contributed by atoms with Crippen LogP contribution in [-0.2, 0) is 0 Å². The van der Waals surface area contributed by atoms with E-state index in [4.69, 9.17) is 23.1 Å². The Morgan fingerprint density at radius 1 is 1.06 bits per heavy atom. The van der Waals surface area contributed by atoms with Crippen molar-refractivity contribution in [1.29, 1.82) is 0 Å². The minimum atomic E-state index is -0.486. The highest BCUT2D eigenvalue weighted by molar-refractivity contribution is 7.80. The van der Waals surface area contributed by atoms with Gasteiger partial charge in [-0.15, -0.1) is 0 Å². The maximum absolute atomic E-state index is 11.3. The molecule has 10 heteroatoms. The summed E-state index contributed by atoms with van der Waals surface area (Å²) >= 11 is 5.60. The Hall–Kier alpha value is -4.44. The zero-order valence-electron chi connectivity index (χ0n) is 17.5. The van der Waals surface area contributed by atoms with E-state index in [1.54, 1.807) is 33.5 Å². The highest BCUT2D eigenvalue weighted by atomic mass is 32.1.